The number of hydrogen-bond acceptors (Lipinski definition) is 7. The molecule has 1 saturated heterocycles. The van der Waals surface area contributed by atoms with Gasteiger partial charge >= 0.3 is 0 Å². The van der Waals surface area contributed by atoms with E-state index in [1.807, 2.05) is 26.2 Å². The minimum Gasteiger partial charge on any atom is -0.479 e. The molecule has 9 nitrogen and oxygen atoms in total. The third-order valence-electron chi connectivity index (χ3n) is 5.68. The Morgan fingerprint density at radius 3 is 2.59 bits per heavy atom. The van der Waals surface area contributed by atoms with Crippen LogP contribution in [0.2, 0.25) is 0 Å². The minimum absolute atomic E-state index is 0.0474. The molecule has 3 aromatic rings. The van der Waals surface area contributed by atoms with E-state index in [1.54, 1.807) is 10.6 Å². The second kappa shape index (κ2) is 12.3. The van der Waals surface area contributed by atoms with Gasteiger partial charge < -0.3 is 20.3 Å². The van der Waals surface area contributed by atoms with Gasteiger partial charge in [0.15, 0.2) is 0 Å². The predicted molar refractivity (Wildman–Crippen MR) is 136 cm³/mol. The van der Waals surface area contributed by atoms with Crippen LogP contribution in [0.5, 0.6) is 5.88 Å². The molecule has 1 fully saturated rings. The van der Waals surface area contributed by atoms with Crippen molar-refractivity contribution in [3.63, 3.8) is 0 Å². The fourth-order valence-electron chi connectivity index (χ4n) is 4.05. The van der Waals surface area contributed by atoms with Crippen LogP contribution in [-0.4, -0.2) is 58.5 Å². The van der Waals surface area contributed by atoms with Gasteiger partial charge in [0.1, 0.15) is 5.69 Å². The average Bonchev–Trinajstić information content (AvgIpc) is 3.20. The van der Waals surface area contributed by atoms with Gasteiger partial charge in [0.2, 0.25) is 17.6 Å². The standard InChI is InChI=1S/C13H21N3.C12H16N4O2/c1-3-4-12-11(2)15-6-5-13(12)16-9-7-14-8-10-16;1-4-5-10(17)14-9-7-16-6-8(2)13-12(16)15-11(9)18-3/h5-6,14H,3-4,7-10H2,1-2H3;6-7H,4-5H2,1-3H3,(H,14,17). The molecular formula is C25H37N7O2. The van der Waals surface area contributed by atoms with Crippen molar-refractivity contribution in [2.45, 2.75) is 53.4 Å². The number of nitrogens with one attached hydrogen (secondary N) is 2. The maximum absolute atomic E-state index is 11.6. The number of pyridine rings is 1. The number of carbonyl (C=O) groups excluding carboxylic acids is 1. The van der Waals surface area contributed by atoms with Crippen LogP contribution in [0, 0.1) is 13.8 Å². The summed E-state index contributed by atoms with van der Waals surface area (Å²) >= 11 is 0. The maximum Gasteiger partial charge on any atom is 0.242 e. The summed E-state index contributed by atoms with van der Waals surface area (Å²) in [5, 5.41) is 6.18. The highest BCUT2D eigenvalue weighted by molar-refractivity contribution is 5.91. The first-order valence-electron chi connectivity index (χ1n) is 12.1. The number of aromatic nitrogens is 4. The third kappa shape index (κ3) is 6.44. The van der Waals surface area contributed by atoms with Crippen molar-refractivity contribution in [3.8, 4) is 5.88 Å². The summed E-state index contributed by atoms with van der Waals surface area (Å²) in [5.41, 5.74) is 5.45. The van der Waals surface area contributed by atoms with E-state index in [9.17, 15) is 4.79 Å². The summed E-state index contributed by atoms with van der Waals surface area (Å²) < 4.78 is 6.93. The maximum atomic E-state index is 11.6. The number of imidazole rings is 1. The number of amides is 1. The van der Waals surface area contributed by atoms with Crippen LogP contribution >= 0.6 is 0 Å². The summed E-state index contributed by atoms with van der Waals surface area (Å²) in [5.74, 6) is 0.879. The molecule has 2 N–H and O–H groups in total. The Hall–Kier alpha value is -3.20. The van der Waals surface area contributed by atoms with Gasteiger partial charge in [-0.3, -0.25) is 14.2 Å². The highest BCUT2D eigenvalue weighted by Gasteiger charge is 2.15. The second-order valence-corrected chi connectivity index (χ2v) is 8.43. The molecule has 4 heterocycles. The number of anilines is 2. The highest BCUT2D eigenvalue weighted by atomic mass is 16.5. The minimum atomic E-state index is -0.0474. The highest BCUT2D eigenvalue weighted by Crippen LogP contribution is 2.24. The summed E-state index contributed by atoms with van der Waals surface area (Å²) in [6.07, 6.45) is 9.14. The van der Waals surface area contributed by atoms with Crippen molar-refractivity contribution < 1.29 is 9.53 Å². The van der Waals surface area contributed by atoms with Crippen LogP contribution in [0.25, 0.3) is 5.78 Å². The summed E-state index contributed by atoms with van der Waals surface area (Å²) in [6.45, 7) is 12.6. The number of ether oxygens (including phenoxy) is 1. The number of hydrogen-bond donors (Lipinski definition) is 2. The number of rotatable bonds is 7. The monoisotopic (exact) mass is 467 g/mol. The molecule has 0 radical (unpaired) electrons. The van der Waals surface area contributed by atoms with Crippen molar-refractivity contribution in [2.24, 2.45) is 0 Å². The number of aryl methyl sites for hydroxylation is 2. The molecule has 3 aromatic heterocycles. The van der Waals surface area contributed by atoms with Gasteiger partial charge in [0.25, 0.3) is 0 Å². The van der Waals surface area contributed by atoms with Crippen LogP contribution in [0.15, 0.2) is 24.7 Å². The molecular weight excluding hydrogens is 430 g/mol. The zero-order chi connectivity index (χ0) is 24.5. The largest absolute Gasteiger partial charge is 0.479 e. The summed E-state index contributed by atoms with van der Waals surface area (Å²) in [7, 11) is 1.52. The normalized spacial score (nSPS) is 13.4. The molecule has 0 aliphatic carbocycles. The first-order chi connectivity index (χ1) is 16.5. The van der Waals surface area contributed by atoms with Gasteiger partial charge in [-0.05, 0) is 38.3 Å². The Morgan fingerprint density at radius 1 is 1.15 bits per heavy atom. The van der Waals surface area contributed by atoms with Crippen molar-refractivity contribution in [1.82, 2.24) is 24.7 Å². The molecule has 1 amide bonds. The van der Waals surface area contributed by atoms with Gasteiger partial charge in [-0.15, -0.1) is 0 Å². The van der Waals surface area contributed by atoms with Crippen molar-refractivity contribution in [2.75, 3.05) is 43.5 Å². The quantitative estimate of drug-likeness (QED) is 0.549. The Bertz CT molecular complexity index is 1090. The fraction of sp³-hybridized carbons (Fsp3) is 0.520. The Morgan fingerprint density at radius 2 is 1.91 bits per heavy atom. The van der Waals surface area contributed by atoms with E-state index in [0.29, 0.717) is 23.8 Å². The molecule has 0 unspecified atom stereocenters. The molecule has 184 valence electrons. The smallest absolute Gasteiger partial charge is 0.242 e. The van der Waals surface area contributed by atoms with Crippen LogP contribution in [0.1, 0.15) is 50.1 Å². The average molecular weight is 468 g/mol. The van der Waals surface area contributed by atoms with Gasteiger partial charge in [-0.2, -0.15) is 4.98 Å². The third-order valence-corrected chi connectivity index (χ3v) is 5.68. The molecule has 34 heavy (non-hydrogen) atoms. The van der Waals surface area contributed by atoms with Crippen molar-refractivity contribution in [1.29, 1.82) is 0 Å². The first kappa shape index (κ1) is 25.4. The van der Waals surface area contributed by atoms with Crippen LogP contribution in [0.4, 0.5) is 11.4 Å². The Balaban J connectivity index is 0.000000192. The predicted octanol–water partition coefficient (Wildman–Crippen LogP) is 3.54. The number of nitrogens with zero attached hydrogens (tertiary/aromatic N) is 5. The number of methoxy groups -OCH3 is 1. The van der Waals surface area contributed by atoms with E-state index in [1.165, 1.54) is 30.5 Å². The molecule has 0 saturated carbocycles. The molecule has 1 aliphatic heterocycles. The van der Waals surface area contributed by atoms with Crippen molar-refractivity contribution >= 4 is 23.1 Å². The lowest BCUT2D eigenvalue weighted by Gasteiger charge is -2.31. The molecule has 0 aromatic carbocycles. The van der Waals surface area contributed by atoms with E-state index < -0.39 is 0 Å². The van der Waals surface area contributed by atoms with E-state index in [4.69, 9.17) is 4.74 Å². The van der Waals surface area contributed by atoms with E-state index in [2.05, 4.69) is 50.4 Å². The summed E-state index contributed by atoms with van der Waals surface area (Å²) in [6, 6.07) is 2.17. The van der Waals surface area contributed by atoms with E-state index in [0.717, 1.165) is 44.7 Å². The molecule has 0 atom stereocenters. The van der Waals surface area contributed by atoms with E-state index in [-0.39, 0.29) is 5.91 Å². The van der Waals surface area contributed by atoms with Crippen LogP contribution in [0.3, 0.4) is 0 Å². The fourth-order valence-corrected chi connectivity index (χ4v) is 4.05. The zero-order valence-corrected chi connectivity index (χ0v) is 21.0. The SMILES string of the molecule is CCCC(=O)Nc1cn2cc(C)nc2nc1OC.CCCc1c(N2CCNCC2)ccnc1C. The first-order valence-corrected chi connectivity index (χ1v) is 12.1. The van der Waals surface area contributed by atoms with Crippen LogP contribution < -0.4 is 20.3 Å². The van der Waals surface area contributed by atoms with Gasteiger partial charge in [-0.25, -0.2) is 4.98 Å². The van der Waals surface area contributed by atoms with Gasteiger partial charge in [0, 0.05) is 62.6 Å². The topological polar surface area (TPSA) is 96.7 Å². The number of carbonyl (C=O) groups is 1. The molecule has 0 bridgehead atoms. The van der Waals surface area contributed by atoms with Gasteiger partial charge in [-0.1, -0.05) is 20.3 Å². The number of fused-ring (bicyclic) bond motifs is 1. The Labute approximate surface area is 202 Å². The lowest BCUT2D eigenvalue weighted by Crippen LogP contribution is -2.44. The van der Waals surface area contributed by atoms with Crippen molar-refractivity contribution in [3.05, 3.63) is 41.6 Å². The van der Waals surface area contributed by atoms with E-state index >= 15 is 0 Å². The van der Waals surface area contributed by atoms with Crippen LogP contribution in [-0.2, 0) is 11.2 Å². The molecule has 1 aliphatic rings. The zero-order valence-electron chi connectivity index (χ0n) is 21.0. The molecule has 4 rings (SSSR count). The number of piperazine rings is 1. The lowest BCUT2D eigenvalue weighted by atomic mass is 10.1. The molecule has 9 heteroatoms. The molecule has 0 spiro atoms. The lowest BCUT2D eigenvalue weighted by molar-refractivity contribution is -0.116. The summed E-state index contributed by atoms with van der Waals surface area (Å²) in [4.78, 5) is 27.0. The second-order valence-electron chi connectivity index (χ2n) is 8.43. The Kier molecular flexibility index (Phi) is 9.21. The van der Waals surface area contributed by atoms with Gasteiger partial charge in [0.05, 0.1) is 12.8 Å².